The van der Waals surface area contributed by atoms with Gasteiger partial charge in [-0.2, -0.15) is 9.40 Å². The van der Waals surface area contributed by atoms with E-state index in [0.29, 0.717) is 30.8 Å². The molecule has 1 saturated heterocycles. The van der Waals surface area contributed by atoms with Crippen LogP contribution in [0.2, 0.25) is 0 Å². The quantitative estimate of drug-likeness (QED) is 0.820. The summed E-state index contributed by atoms with van der Waals surface area (Å²) in [5, 5.41) is 9.63. The maximum absolute atomic E-state index is 13.0. The summed E-state index contributed by atoms with van der Waals surface area (Å²) in [5.41, 5.74) is 2.91. The second-order valence-corrected chi connectivity index (χ2v) is 8.88. The minimum atomic E-state index is -3.67. The van der Waals surface area contributed by atoms with Gasteiger partial charge < -0.3 is 5.32 Å². The van der Waals surface area contributed by atoms with E-state index < -0.39 is 10.0 Å². The Bertz CT molecular complexity index is 899. The van der Waals surface area contributed by atoms with Crippen LogP contribution in [0.5, 0.6) is 0 Å². The lowest BCUT2D eigenvalue weighted by Crippen LogP contribution is -2.43. The summed E-state index contributed by atoms with van der Waals surface area (Å²) in [7, 11) is -3.67. The SMILES string of the molecule is CCc1ccc(NC(=O)[C@@H]2CCCN(S(=O)(=O)c3c(C)n[nH]c3C)C2)cc1. The predicted octanol–water partition coefficient (Wildman–Crippen LogP) is 2.63. The Kier molecular flexibility index (Phi) is 5.67. The Balaban J connectivity index is 1.72. The smallest absolute Gasteiger partial charge is 0.246 e. The zero-order valence-electron chi connectivity index (χ0n) is 15.9. The average Bonchev–Trinajstić information content (AvgIpc) is 3.01. The largest absolute Gasteiger partial charge is 0.326 e. The number of aromatic nitrogens is 2. The van der Waals surface area contributed by atoms with Gasteiger partial charge in [0.25, 0.3) is 0 Å². The molecule has 0 unspecified atom stereocenters. The van der Waals surface area contributed by atoms with Crippen LogP contribution >= 0.6 is 0 Å². The van der Waals surface area contributed by atoms with E-state index >= 15 is 0 Å². The van der Waals surface area contributed by atoms with Crippen LogP contribution in [-0.2, 0) is 21.2 Å². The van der Waals surface area contributed by atoms with E-state index in [4.69, 9.17) is 0 Å². The van der Waals surface area contributed by atoms with Gasteiger partial charge in [0.2, 0.25) is 15.9 Å². The van der Waals surface area contributed by atoms with Gasteiger partial charge in [-0.15, -0.1) is 0 Å². The maximum atomic E-state index is 13.0. The van der Waals surface area contributed by atoms with Crippen LogP contribution in [0.25, 0.3) is 0 Å². The third kappa shape index (κ3) is 4.06. The topological polar surface area (TPSA) is 95.2 Å². The number of rotatable bonds is 5. The average molecular weight is 391 g/mol. The molecule has 146 valence electrons. The van der Waals surface area contributed by atoms with Crippen molar-refractivity contribution in [1.82, 2.24) is 14.5 Å². The van der Waals surface area contributed by atoms with Crippen molar-refractivity contribution in [3.8, 4) is 0 Å². The van der Waals surface area contributed by atoms with E-state index in [1.54, 1.807) is 13.8 Å². The Morgan fingerprint density at radius 3 is 2.59 bits per heavy atom. The van der Waals surface area contributed by atoms with E-state index in [1.807, 2.05) is 24.3 Å². The van der Waals surface area contributed by atoms with Gasteiger partial charge in [-0.1, -0.05) is 19.1 Å². The van der Waals surface area contributed by atoms with Crippen LogP contribution in [0, 0.1) is 19.8 Å². The van der Waals surface area contributed by atoms with Gasteiger partial charge in [-0.25, -0.2) is 8.42 Å². The summed E-state index contributed by atoms with van der Waals surface area (Å²) in [6, 6.07) is 7.73. The molecule has 0 bridgehead atoms. The number of benzene rings is 1. The first-order chi connectivity index (χ1) is 12.8. The molecule has 0 radical (unpaired) electrons. The number of nitrogens with zero attached hydrogens (tertiary/aromatic N) is 2. The summed E-state index contributed by atoms with van der Waals surface area (Å²) < 4.78 is 27.5. The second kappa shape index (κ2) is 7.82. The highest BCUT2D eigenvalue weighted by atomic mass is 32.2. The minimum Gasteiger partial charge on any atom is -0.326 e. The number of carbonyl (C=O) groups is 1. The number of aromatic amines is 1. The van der Waals surface area contributed by atoms with Crippen LogP contribution in [0.1, 0.15) is 36.7 Å². The summed E-state index contributed by atoms with van der Waals surface area (Å²) in [6.45, 7) is 6.05. The Morgan fingerprint density at radius 2 is 2.00 bits per heavy atom. The highest BCUT2D eigenvalue weighted by molar-refractivity contribution is 7.89. The first kappa shape index (κ1) is 19.6. The molecule has 1 aromatic heterocycles. The van der Waals surface area contributed by atoms with Crippen molar-refractivity contribution in [3.05, 3.63) is 41.2 Å². The third-order valence-electron chi connectivity index (χ3n) is 5.04. The molecule has 2 heterocycles. The predicted molar refractivity (Wildman–Crippen MR) is 104 cm³/mol. The molecule has 2 aromatic rings. The minimum absolute atomic E-state index is 0.139. The molecule has 1 atom stereocenters. The molecule has 2 N–H and O–H groups in total. The maximum Gasteiger partial charge on any atom is 0.246 e. The highest BCUT2D eigenvalue weighted by Crippen LogP contribution is 2.27. The fraction of sp³-hybridized carbons (Fsp3) is 0.474. The molecule has 27 heavy (non-hydrogen) atoms. The lowest BCUT2D eigenvalue weighted by atomic mass is 9.98. The Morgan fingerprint density at radius 1 is 1.30 bits per heavy atom. The van der Waals surface area contributed by atoms with Crippen molar-refractivity contribution in [2.24, 2.45) is 5.92 Å². The van der Waals surface area contributed by atoms with Crippen LogP contribution in [0.15, 0.2) is 29.2 Å². The van der Waals surface area contributed by atoms with E-state index in [1.165, 1.54) is 9.87 Å². The number of amides is 1. The van der Waals surface area contributed by atoms with Crippen LogP contribution in [0.3, 0.4) is 0 Å². The highest BCUT2D eigenvalue weighted by Gasteiger charge is 2.35. The molecule has 0 saturated carbocycles. The van der Waals surface area contributed by atoms with Gasteiger partial charge in [0.05, 0.1) is 17.3 Å². The Labute approximate surface area is 160 Å². The number of hydrogen-bond acceptors (Lipinski definition) is 4. The molecule has 1 aliphatic rings. The van der Waals surface area contributed by atoms with Crippen molar-refractivity contribution in [1.29, 1.82) is 0 Å². The van der Waals surface area contributed by atoms with Gasteiger partial charge in [0.15, 0.2) is 0 Å². The number of sulfonamides is 1. The number of H-pyrrole nitrogens is 1. The van der Waals surface area contributed by atoms with E-state index in [-0.39, 0.29) is 23.3 Å². The van der Waals surface area contributed by atoms with Crippen LogP contribution in [-0.4, -0.2) is 41.9 Å². The number of piperidine rings is 1. The van der Waals surface area contributed by atoms with E-state index in [2.05, 4.69) is 22.4 Å². The fourth-order valence-electron chi connectivity index (χ4n) is 3.49. The van der Waals surface area contributed by atoms with Gasteiger partial charge in [0, 0.05) is 18.8 Å². The van der Waals surface area contributed by atoms with E-state index in [0.717, 1.165) is 12.1 Å². The molecule has 1 amide bonds. The third-order valence-corrected chi connectivity index (χ3v) is 7.17. The number of anilines is 1. The summed E-state index contributed by atoms with van der Waals surface area (Å²) in [5.74, 6) is -0.508. The standard InChI is InChI=1S/C19H26N4O3S/c1-4-15-7-9-17(10-8-15)20-19(24)16-6-5-11-23(12-16)27(25,26)18-13(2)21-22-14(18)3/h7-10,16H,4-6,11-12H2,1-3H3,(H,20,24)(H,21,22)/t16-/m1/s1. The van der Waals surface area contributed by atoms with Crippen molar-refractivity contribution >= 4 is 21.6 Å². The monoisotopic (exact) mass is 390 g/mol. The van der Waals surface area contributed by atoms with Crippen molar-refractivity contribution in [3.63, 3.8) is 0 Å². The van der Waals surface area contributed by atoms with E-state index in [9.17, 15) is 13.2 Å². The number of nitrogens with one attached hydrogen (secondary N) is 2. The lowest BCUT2D eigenvalue weighted by Gasteiger charge is -2.31. The second-order valence-electron chi connectivity index (χ2n) is 7.01. The van der Waals surface area contributed by atoms with Crippen molar-refractivity contribution in [2.75, 3.05) is 18.4 Å². The van der Waals surface area contributed by atoms with Gasteiger partial charge >= 0.3 is 0 Å². The number of aryl methyl sites for hydroxylation is 3. The zero-order valence-corrected chi connectivity index (χ0v) is 16.8. The molecule has 0 aliphatic carbocycles. The normalized spacial score (nSPS) is 18.4. The summed E-state index contributed by atoms with van der Waals surface area (Å²) in [6.07, 6.45) is 2.27. The first-order valence-corrected chi connectivity index (χ1v) is 10.7. The zero-order chi connectivity index (χ0) is 19.6. The molecule has 1 aromatic carbocycles. The summed E-state index contributed by atoms with van der Waals surface area (Å²) >= 11 is 0. The van der Waals surface area contributed by atoms with Gasteiger partial charge in [-0.3, -0.25) is 9.89 Å². The summed E-state index contributed by atoms with van der Waals surface area (Å²) in [4.78, 5) is 12.9. The molecular weight excluding hydrogens is 364 g/mol. The Hall–Kier alpha value is -2.19. The molecule has 7 nitrogen and oxygen atoms in total. The lowest BCUT2D eigenvalue weighted by molar-refractivity contribution is -0.120. The number of hydrogen-bond donors (Lipinski definition) is 2. The van der Waals surface area contributed by atoms with Crippen molar-refractivity contribution in [2.45, 2.75) is 44.9 Å². The number of carbonyl (C=O) groups excluding carboxylic acids is 1. The molecule has 0 spiro atoms. The van der Waals surface area contributed by atoms with Crippen molar-refractivity contribution < 1.29 is 13.2 Å². The molecule has 1 fully saturated rings. The molecule has 8 heteroatoms. The van der Waals surface area contributed by atoms with Gasteiger partial charge in [0.1, 0.15) is 4.90 Å². The van der Waals surface area contributed by atoms with Crippen LogP contribution in [0.4, 0.5) is 5.69 Å². The van der Waals surface area contributed by atoms with Crippen LogP contribution < -0.4 is 5.32 Å². The van der Waals surface area contributed by atoms with Gasteiger partial charge in [-0.05, 0) is 50.8 Å². The molecule has 3 rings (SSSR count). The molecular formula is C19H26N4O3S. The molecule has 1 aliphatic heterocycles. The fourth-order valence-corrected chi connectivity index (χ4v) is 5.35. The first-order valence-electron chi connectivity index (χ1n) is 9.24.